The normalized spacial score (nSPS) is 41.1. The van der Waals surface area contributed by atoms with Gasteiger partial charge in [0.25, 0.3) is 0 Å². The molecule has 6 aliphatic rings. The van der Waals surface area contributed by atoms with Crippen LogP contribution in [0.1, 0.15) is 117 Å². The topological polar surface area (TPSA) is 134 Å². The van der Waals surface area contributed by atoms with Crippen LogP contribution >= 0.6 is 0 Å². The smallest absolute Gasteiger partial charge is 0.306 e. The summed E-state index contributed by atoms with van der Waals surface area (Å²) in [6, 6.07) is 4.74. The Morgan fingerprint density at radius 3 is 2.46 bits per heavy atom. The molecular formula is C40H58N6O2. The highest BCUT2D eigenvalue weighted by atomic mass is 16.4. The number of nitrogens with one attached hydrogen (secondary N) is 1. The van der Waals surface area contributed by atoms with Crippen molar-refractivity contribution in [1.82, 2.24) is 15.2 Å². The first-order chi connectivity index (χ1) is 22.5. The number of H-pyrrole nitrogens is 1. The summed E-state index contributed by atoms with van der Waals surface area (Å²) in [7, 11) is 0. The largest absolute Gasteiger partial charge is 0.481 e. The molecule has 0 radical (unpaired) electrons. The van der Waals surface area contributed by atoms with Crippen molar-refractivity contribution in [3.63, 3.8) is 0 Å². The number of hydrogen-bond donors (Lipinski definition) is 4. The maximum Gasteiger partial charge on any atom is 0.306 e. The molecule has 2 aromatic heterocycles. The molecule has 1 saturated heterocycles. The van der Waals surface area contributed by atoms with Crippen LogP contribution in [-0.2, 0) is 16.6 Å². The molecule has 4 fully saturated rings. The number of aromatic nitrogens is 3. The number of nitrogens with two attached hydrogens (primary N) is 2. The number of aliphatic carboxylic acids is 1. The van der Waals surface area contributed by atoms with Crippen LogP contribution in [0.5, 0.6) is 0 Å². The lowest BCUT2D eigenvalue weighted by Gasteiger charge is -2.70. The number of carbonyl (C=O) groups is 1. The van der Waals surface area contributed by atoms with E-state index in [0.29, 0.717) is 11.8 Å². The van der Waals surface area contributed by atoms with Crippen molar-refractivity contribution >= 4 is 23.2 Å². The van der Waals surface area contributed by atoms with E-state index in [4.69, 9.17) is 21.5 Å². The molecule has 0 spiro atoms. The van der Waals surface area contributed by atoms with Crippen molar-refractivity contribution in [3.05, 3.63) is 40.7 Å². The van der Waals surface area contributed by atoms with Gasteiger partial charge in [-0.1, -0.05) is 54.0 Å². The van der Waals surface area contributed by atoms with Crippen LogP contribution in [-0.4, -0.2) is 45.4 Å². The monoisotopic (exact) mass is 654 g/mol. The Labute approximate surface area is 286 Å². The van der Waals surface area contributed by atoms with E-state index in [1.165, 1.54) is 29.5 Å². The Morgan fingerprint density at radius 2 is 1.79 bits per heavy atom. The first-order valence-corrected chi connectivity index (χ1v) is 18.8. The zero-order chi connectivity index (χ0) is 34.2. The molecule has 8 nitrogen and oxygen atoms in total. The van der Waals surface area contributed by atoms with E-state index in [1.807, 2.05) is 0 Å². The van der Waals surface area contributed by atoms with E-state index in [-0.39, 0.29) is 50.9 Å². The minimum Gasteiger partial charge on any atom is -0.481 e. The highest BCUT2D eigenvalue weighted by molar-refractivity contribution is 5.75. The Balaban J connectivity index is 1.31. The predicted octanol–water partition coefficient (Wildman–Crippen LogP) is 7.21. The molecule has 9 atom stereocenters. The third kappa shape index (κ3) is 4.32. The van der Waals surface area contributed by atoms with Gasteiger partial charge in [-0.25, -0.2) is 4.98 Å². The summed E-state index contributed by atoms with van der Waals surface area (Å²) >= 11 is 0. The minimum atomic E-state index is -0.607. The molecule has 260 valence electrons. The SMILES string of the molecule is CC1(C)CC2C3=C(c4ccc(N5CCC(N)C5)nc4)CC4C5(C)Cc6c(n[nH]c6N)C(C)(C)C5CCC4(C)C3(C)CCC2[C@H](C(=O)O)C1. The number of aromatic amines is 1. The molecule has 48 heavy (non-hydrogen) atoms. The van der Waals surface area contributed by atoms with E-state index in [0.717, 1.165) is 75.4 Å². The summed E-state index contributed by atoms with van der Waals surface area (Å²) in [6.45, 7) is 19.0. The zero-order valence-electron chi connectivity index (χ0n) is 30.3. The van der Waals surface area contributed by atoms with Gasteiger partial charge in [-0.2, -0.15) is 5.10 Å². The molecule has 5 aliphatic carbocycles. The Hall–Kier alpha value is -2.87. The molecule has 6 N–H and O–H groups in total. The number of pyridine rings is 1. The molecule has 0 aromatic carbocycles. The standard InChI is InChI=1S/C40H58N6O2/c1-36(2)17-26-24(27(18-36)35(47)48)10-13-40(7)32(26)25(22-8-9-31(43-20-22)46-15-12-23(41)21-46)16-30-38(5)19-28-33(44-45-34(28)42)37(3,4)29(38)11-14-39(30,40)6/h8-9,20,23-24,26-27,29-30H,10-19,21,41H2,1-7H3,(H,47,48)(H3,42,44,45)/t23?,24?,26?,27-,29?,30?,38?,39?,40?/m1/s1. The van der Waals surface area contributed by atoms with Crippen LogP contribution in [0.25, 0.3) is 5.57 Å². The van der Waals surface area contributed by atoms with Gasteiger partial charge in [-0.15, -0.1) is 0 Å². The number of nitrogen functional groups attached to an aromatic ring is 1. The average molecular weight is 655 g/mol. The van der Waals surface area contributed by atoms with Gasteiger partial charge in [0, 0.05) is 36.3 Å². The maximum atomic E-state index is 12.9. The molecule has 0 bridgehead atoms. The van der Waals surface area contributed by atoms with Crippen LogP contribution in [0.2, 0.25) is 0 Å². The van der Waals surface area contributed by atoms with Gasteiger partial charge in [0.1, 0.15) is 11.6 Å². The highest BCUT2D eigenvalue weighted by Crippen LogP contribution is 2.76. The maximum absolute atomic E-state index is 12.9. The van der Waals surface area contributed by atoms with Crippen molar-refractivity contribution < 1.29 is 9.90 Å². The van der Waals surface area contributed by atoms with Gasteiger partial charge in [0.15, 0.2) is 0 Å². The van der Waals surface area contributed by atoms with Crippen LogP contribution in [0.15, 0.2) is 23.9 Å². The van der Waals surface area contributed by atoms with Gasteiger partial charge in [-0.05, 0) is 126 Å². The van der Waals surface area contributed by atoms with Gasteiger partial charge >= 0.3 is 5.97 Å². The fraction of sp³-hybridized carbons (Fsp3) is 0.725. The minimum absolute atomic E-state index is 0.0266. The van der Waals surface area contributed by atoms with Crippen LogP contribution < -0.4 is 16.4 Å². The molecule has 1 aliphatic heterocycles. The van der Waals surface area contributed by atoms with Crippen molar-refractivity contribution in [2.45, 2.75) is 118 Å². The molecule has 2 aromatic rings. The van der Waals surface area contributed by atoms with Gasteiger partial charge in [0.05, 0.1) is 11.6 Å². The van der Waals surface area contributed by atoms with Gasteiger partial charge in [0.2, 0.25) is 0 Å². The van der Waals surface area contributed by atoms with Crippen LogP contribution in [0, 0.1) is 51.2 Å². The second-order valence-corrected chi connectivity index (χ2v) is 19.1. The van der Waals surface area contributed by atoms with Crippen LogP contribution in [0.4, 0.5) is 11.6 Å². The molecule has 3 saturated carbocycles. The van der Waals surface area contributed by atoms with E-state index in [1.54, 1.807) is 5.57 Å². The summed E-state index contributed by atoms with van der Waals surface area (Å²) in [5, 5.41) is 18.5. The van der Waals surface area contributed by atoms with Crippen LogP contribution in [0.3, 0.4) is 0 Å². The third-order valence-corrected chi connectivity index (χ3v) is 15.7. The van der Waals surface area contributed by atoms with Crippen molar-refractivity contribution in [1.29, 1.82) is 0 Å². The quantitative estimate of drug-likeness (QED) is 0.275. The Bertz CT molecular complexity index is 1670. The number of anilines is 2. The Morgan fingerprint density at radius 1 is 1.02 bits per heavy atom. The fourth-order valence-corrected chi connectivity index (χ4v) is 13.4. The number of fused-ring (bicyclic) bond motifs is 8. The average Bonchev–Trinajstić information content (AvgIpc) is 3.61. The van der Waals surface area contributed by atoms with E-state index in [9.17, 15) is 9.90 Å². The summed E-state index contributed by atoms with van der Waals surface area (Å²) in [6.07, 6.45) is 11.3. The lowest BCUT2D eigenvalue weighted by Crippen LogP contribution is -2.64. The lowest BCUT2D eigenvalue weighted by molar-refractivity contribution is -0.161. The van der Waals surface area contributed by atoms with Crippen molar-refractivity contribution in [2.75, 3.05) is 23.7 Å². The second kappa shape index (κ2) is 10.3. The molecule has 8 unspecified atom stereocenters. The third-order valence-electron chi connectivity index (χ3n) is 15.7. The summed E-state index contributed by atoms with van der Waals surface area (Å²) < 4.78 is 0. The zero-order valence-corrected chi connectivity index (χ0v) is 30.3. The first kappa shape index (κ1) is 32.3. The van der Waals surface area contributed by atoms with Crippen molar-refractivity contribution in [2.24, 2.45) is 57.0 Å². The number of nitrogens with zero attached hydrogens (tertiary/aromatic N) is 3. The lowest BCUT2D eigenvalue weighted by atomic mass is 9.33. The number of carboxylic acids is 1. The summed E-state index contributed by atoms with van der Waals surface area (Å²) in [5.74, 6) is 2.22. The first-order valence-electron chi connectivity index (χ1n) is 18.8. The molecule has 8 heteroatoms. The number of hydrogen-bond acceptors (Lipinski definition) is 6. The molecule has 8 rings (SSSR count). The van der Waals surface area contributed by atoms with Crippen molar-refractivity contribution in [3.8, 4) is 0 Å². The predicted molar refractivity (Wildman–Crippen MR) is 191 cm³/mol. The van der Waals surface area contributed by atoms with E-state index in [2.05, 4.69) is 76.8 Å². The number of allylic oxidation sites excluding steroid dienone is 2. The Kier molecular flexibility index (Phi) is 6.96. The number of rotatable bonds is 3. The summed E-state index contributed by atoms with van der Waals surface area (Å²) in [5.41, 5.74) is 19.5. The van der Waals surface area contributed by atoms with E-state index < -0.39 is 5.97 Å². The molecule has 0 amide bonds. The fourth-order valence-electron chi connectivity index (χ4n) is 13.4. The molecular weight excluding hydrogens is 596 g/mol. The van der Waals surface area contributed by atoms with Gasteiger partial charge < -0.3 is 21.5 Å². The highest BCUT2D eigenvalue weighted by Gasteiger charge is 2.68. The number of carboxylic acid groups (broad SMARTS) is 1. The molecule has 3 heterocycles. The van der Waals surface area contributed by atoms with E-state index >= 15 is 0 Å². The van der Waals surface area contributed by atoms with Gasteiger partial charge in [-0.3, -0.25) is 9.89 Å². The second-order valence-electron chi connectivity index (χ2n) is 19.1. The summed E-state index contributed by atoms with van der Waals surface area (Å²) in [4.78, 5) is 20.3.